The average molecular weight is 275 g/mol. The van der Waals surface area contributed by atoms with Crippen molar-refractivity contribution in [1.82, 2.24) is 15.5 Å². The zero-order valence-corrected chi connectivity index (χ0v) is 13.0. The molecule has 1 aromatic heterocycles. The number of aryl methyl sites for hydroxylation is 1. The lowest BCUT2D eigenvalue weighted by molar-refractivity contribution is 0.364. The van der Waals surface area contributed by atoms with Crippen molar-refractivity contribution in [2.75, 3.05) is 0 Å². The maximum absolute atomic E-state index is 5.05. The molecule has 0 bridgehead atoms. The van der Waals surface area contributed by atoms with Gasteiger partial charge in [-0.05, 0) is 12.5 Å². The number of rotatable bonds is 5. The predicted octanol–water partition coefficient (Wildman–Crippen LogP) is 2.21. The Morgan fingerprint density at radius 1 is 1.11 bits per heavy atom. The van der Waals surface area contributed by atoms with E-state index >= 15 is 0 Å². The van der Waals surface area contributed by atoms with E-state index in [4.69, 9.17) is 4.52 Å². The Balaban J connectivity index is 1.86. The van der Waals surface area contributed by atoms with Gasteiger partial charge in [0.15, 0.2) is 5.82 Å². The molecule has 0 atom stereocenters. The van der Waals surface area contributed by atoms with Gasteiger partial charge in [-0.2, -0.15) is 4.98 Å². The van der Waals surface area contributed by atoms with Crippen molar-refractivity contribution in [3.63, 3.8) is 0 Å². The van der Waals surface area contributed by atoms with Crippen molar-refractivity contribution < 1.29 is 4.52 Å². The highest BCUT2D eigenvalue weighted by Gasteiger charge is 2.15. The molecule has 1 aromatic carbocycles. The van der Waals surface area contributed by atoms with Crippen LogP contribution < -0.4 is 10.5 Å². The number of aromatic nitrogens is 2. The Morgan fingerprint density at radius 3 is 2.32 bits per heavy atom. The summed E-state index contributed by atoms with van der Waals surface area (Å²) in [6.45, 7) is 10.3. The maximum Gasteiger partial charge on any atom is 0.240 e. The third kappa shape index (κ3) is 4.01. The van der Waals surface area contributed by atoms with Gasteiger partial charge in [-0.15, -0.1) is 0 Å². The van der Waals surface area contributed by atoms with E-state index in [9.17, 15) is 0 Å². The number of nitrogens with zero attached hydrogens (tertiary/aromatic N) is 2. The fourth-order valence-corrected chi connectivity index (χ4v) is 3.01. The lowest BCUT2D eigenvalue weighted by Crippen LogP contribution is -2.37. The molecule has 0 aliphatic carbocycles. The molecular formula is C14H21N3OSi. The minimum Gasteiger partial charge on any atom is -0.338 e. The Morgan fingerprint density at radius 2 is 1.79 bits per heavy atom. The van der Waals surface area contributed by atoms with E-state index < -0.39 is 8.07 Å². The summed E-state index contributed by atoms with van der Waals surface area (Å²) >= 11 is 0. The second-order valence-corrected chi connectivity index (χ2v) is 10.9. The minimum absolute atomic E-state index is 0.608. The molecule has 0 fully saturated rings. The highest BCUT2D eigenvalue weighted by molar-refractivity contribution is 6.88. The molecular weight excluding hydrogens is 254 g/mol. The van der Waals surface area contributed by atoms with Gasteiger partial charge in [-0.3, -0.25) is 0 Å². The van der Waals surface area contributed by atoms with E-state index in [0.29, 0.717) is 18.3 Å². The van der Waals surface area contributed by atoms with E-state index in [0.717, 1.165) is 6.54 Å². The first-order valence-corrected chi connectivity index (χ1v) is 10.0. The molecule has 0 saturated heterocycles. The largest absolute Gasteiger partial charge is 0.338 e. The molecule has 1 N–H and O–H groups in total. The van der Waals surface area contributed by atoms with Gasteiger partial charge >= 0.3 is 0 Å². The zero-order valence-electron chi connectivity index (χ0n) is 12.0. The van der Waals surface area contributed by atoms with Crippen molar-refractivity contribution in [2.24, 2.45) is 0 Å². The molecule has 5 heteroatoms. The van der Waals surface area contributed by atoms with Crippen molar-refractivity contribution in [2.45, 2.75) is 39.7 Å². The average Bonchev–Trinajstić information content (AvgIpc) is 2.75. The summed E-state index contributed by atoms with van der Waals surface area (Å²) in [5.41, 5.74) is 1.28. The van der Waals surface area contributed by atoms with Crippen molar-refractivity contribution in [1.29, 1.82) is 0 Å². The third-order valence-corrected chi connectivity index (χ3v) is 5.06. The molecule has 0 radical (unpaired) electrons. The Kier molecular flexibility index (Phi) is 4.16. The molecule has 0 amide bonds. The summed E-state index contributed by atoms with van der Waals surface area (Å²) in [7, 11) is -1.19. The molecule has 19 heavy (non-hydrogen) atoms. The zero-order chi connectivity index (χ0) is 13.9. The monoisotopic (exact) mass is 275 g/mol. The third-order valence-electron chi connectivity index (χ3n) is 2.99. The SMILES string of the molecule is Cc1noc(CNCc2ccc([Si](C)(C)C)cc2)n1. The number of nitrogens with one attached hydrogen (secondary N) is 1. The minimum atomic E-state index is -1.19. The number of benzene rings is 1. The number of hydrogen-bond donors (Lipinski definition) is 1. The first kappa shape index (κ1) is 14.0. The molecule has 4 nitrogen and oxygen atoms in total. The van der Waals surface area contributed by atoms with Crippen LogP contribution in [0.5, 0.6) is 0 Å². The topological polar surface area (TPSA) is 51.0 Å². The van der Waals surface area contributed by atoms with E-state index in [1.165, 1.54) is 10.8 Å². The molecule has 2 aromatic rings. The summed E-state index contributed by atoms with van der Waals surface area (Å²) < 4.78 is 5.05. The summed E-state index contributed by atoms with van der Waals surface area (Å²) in [6, 6.07) is 8.89. The van der Waals surface area contributed by atoms with Gasteiger partial charge < -0.3 is 9.84 Å². The van der Waals surface area contributed by atoms with Crippen LogP contribution in [0.15, 0.2) is 28.8 Å². The van der Waals surface area contributed by atoms with Crippen LogP contribution in [0, 0.1) is 6.92 Å². The fraction of sp³-hybridized carbons (Fsp3) is 0.429. The van der Waals surface area contributed by atoms with E-state index in [2.05, 4.69) is 59.4 Å². The molecule has 1 heterocycles. The molecule has 0 aliphatic rings. The van der Waals surface area contributed by atoms with E-state index in [-0.39, 0.29) is 0 Å². The highest BCUT2D eigenvalue weighted by atomic mass is 28.3. The van der Waals surface area contributed by atoms with Crippen molar-refractivity contribution in [3.8, 4) is 0 Å². The Labute approximate surface area is 115 Å². The van der Waals surface area contributed by atoms with Gasteiger partial charge in [-0.1, -0.05) is 54.2 Å². The summed E-state index contributed by atoms with van der Waals surface area (Å²) in [5.74, 6) is 1.31. The van der Waals surface area contributed by atoms with Crippen LogP contribution >= 0.6 is 0 Å². The fourth-order valence-electron chi connectivity index (χ4n) is 1.85. The molecule has 102 valence electrons. The standard InChI is InChI=1S/C14H21N3OSi/c1-11-16-14(18-17-11)10-15-9-12-5-7-13(8-6-12)19(2,3)4/h5-8,15H,9-10H2,1-4H3. The lowest BCUT2D eigenvalue weighted by atomic mass is 10.2. The normalized spacial score (nSPS) is 11.8. The van der Waals surface area contributed by atoms with E-state index in [1.54, 1.807) is 0 Å². The van der Waals surface area contributed by atoms with Crippen LogP contribution in [0.3, 0.4) is 0 Å². The first-order chi connectivity index (χ1) is 8.95. The molecule has 0 aliphatic heterocycles. The van der Waals surface area contributed by atoms with Gasteiger partial charge in [0.2, 0.25) is 5.89 Å². The first-order valence-electron chi connectivity index (χ1n) is 6.54. The summed E-state index contributed by atoms with van der Waals surface area (Å²) in [4.78, 5) is 4.15. The molecule has 0 saturated carbocycles. The smallest absolute Gasteiger partial charge is 0.240 e. The van der Waals surface area contributed by atoms with Crippen LogP contribution in [0.4, 0.5) is 0 Å². The highest BCUT2D eigenvalue weighted by Crippen LogP contribution is 2.05. The Bertz CT molecular complexity index is 528. The molecule has 0 spiro atoms. The lowest BCUT2D eigenvalue weighted by Gasteiger charge is -2.16. The van der Waals surface area contributed by atoms with Crippen LogP contribution in [-0.2, 0) is 13.1 Å². The van der Waals surface area contributed by atoms with Crippen LogP contribution in [-0.4, -0.2) is 18.2 Å². The second-order valence-electron chi connectivity index (χ2n) is 5.79. The number of hydrogen-bond acceptors (Lipinski definition) is 4. The predicted molar refractivity (Wildman–Crippen MR) is 79.0 cm³/mol. The van der Waals surface area contributed by atoms with Gasteiger partial charge in [0, 0.05) is 6.54 Å². The maximum atomic E-state index is 5.05. The molecule has 2 rings (SSSR count). The second kappa shape index (κ2) is 5.67. The molecule has 0 unspecified atom stereocenters. The Hall–Kier alpha value is -1.46. The van der Waals surface area contributed by atoms with Crippen LogP contribution in [0.25, 0.3) is 0 Å². The van der Waals surface area contributed by atoms with Crippen LogP contribution in [0.2, 0.25) is 19.6 Å². The van der Waals surface area contributed by atoms with Gasteiger partial charge in [-0.25, -0.2) is 0 Å². The van der Waals surface area contributed by atoms with Crippen molar-refractivity contribution >= 4 is 13.3 Å². The van der Waals surface area contributed by atoms with Crippen LogP contribution in [0.1, 0.15) is 17.3 Å². The van der Waals surface area contributed by atoms with Gasteiger partial charge in [0.05, 0.1) is 14.6 Å². The summed E-state index contributed by atoms with van der Waals surface area (Å²) in [6.07, 6.45) is 0. The van der Waals surface area contributed by atoms with Gasteiger partial charge in [0.1, 0.15) is 0 Å². The van der Waals surface area contributed by atoms with Crippen molar-refractivity contribution in [3.05, 3.63) is 41.5 Å². The quantitative estimate of drug-likeness (QED) is 0.850. The summed E-state index contributed by atoms with van der Waals surface area (Å²) in [5, 5.41) is 8.55. The van der Waals surface area contributed by atoms with Gasteiger partial charge in [0.25, 0.3) is 0 Å². The van der Waals surface area contributed by atoms with E-state index in [1.807, 2.05) is 6.92 Å².